The Morgan fingerprint density at radius 1 is 1.19 bits per heavy atom. The van der Waals surface area contributed by atoms with Crippen LogP contribution in [0.2, 0.25) is 0 Å². The van der Waals surface area contributed by atoms with Crippen LogP contribution >= 0.6 is 0 Å². The van der Waals surface area contributed by atoms with Crippen molar-refractivity contribution in [2.75, 3.05) is 13.1 Å². The molecule has 2 rings (SSSR count). The second-order valence-corrected chi connectivity index (χ2v) is 5.56. The average molecular weight is 224 g/mol. The van der Waals surface area contributed by atoms with Gasteiger partial charge in [-0.3, -0.25) is 4.90 Å². The molecule has 1 aliphatic carbocycles. The molecular weight excluding hydrogens is 196 g/mol. The summed E-state index contributed by atoms with van der Waals surface area (Å²) < 4.78 is 0. The molecule has 1 N–H and O–H groups in total. The molecule has 94 valence electrons. The Morgan fingerprint density at radius 2 is 2.06 bits per heavy atom. The number of rotatable bonds is 5. The molecule has 0 aromatic carbocycles. The Kier molecular flexibility index (Phi) is 4.66. The number of nitrogens with zero attached hydrogens (tertiary/aromatic N) is 1. The summed E-state index contributed by atoms with van der Waals surface area (Å²) in [6.07, 6.45) is 9.72. The minimum Gasteiger partial charge on any atom is -0.314 e. The van der Waals surface area contributed by atoms with E-state index in [0.717, 1.165) is 18.1 Å². The molecule has 0 amide bonds. The predicted molar refractivity (Wildman–Crippen MR) is 69.7 cm³/mol. The van der Waals surface area contributed by atoms with Gasteiger partial charge in [-0.15, -0.1) is 0 Å². The van der Waals surface area contributed by atoms with Gasteiger partial charge < -0.3 is 5.32 Å². The third kappa shape index (κ3) is 2.78. The maximum Gasteiger partial charge on any atom is 0.0114 e. The van der Waals surface area contributed by atoms with E-state index in [2.05, 4.69) is 24.1 Å². The lowest BCUT2D eigenvalue weighted by Crippen LogP contribution is -2.38. The largest absolute Gasteiger partial charge is 0.314 e. The molecule has 1 aliphatic heterocycles. The summed E-state index contributed by atoms with van der Waals surface area (Å²) in [7, 11) is 0. The molecule has 0 spiro atoms. The van der Waals surface area contributed by atoms with Crippen LogP contribution in [0.4, 0.5) is 0 Å². The molecule has 3 unspecified atom stereocenters. The van der Waals surface area contributed by atoms with Crippen molar-refractivity contribution in [2.45, 2.75) is 76.9 Å². The van der Waals surface area contributed by atoms with Gasteiger partial charge in [-0.2, -0.15) is 0 Å². The predicted octanol–water partition coefficient (Wildman–Crippen LogP) is 2.78. The smallest absolute Gasteiger partial charge is 0.0114 e. The quantitative estimate of drug-likeness (QED) is 0.772. The van der Waals surface area contributed by atoms with Crippen molar-refractivity contribution in [3.05, 3.63) is 0 Å². The Bertz CT molecular complexity index is 205. The van der Waals surface area contributed by atoms with Crippen molar-refractivity contribution in [3.8, 4) is 0 Å². The summed E-state index contributed by atoms with van der Waals surface area (Å²) in [5.41, 5.74) is 0. The van der Waals surface area contributed by atoms with Gasteiger partial charge in [0.15, 0.2) is 0 Å². The number of hydrogen-bond donors (Lipinski definition) is 1. The van der Waals surface area contributed by atoms with E-state index in [9.17, 15) is 0 Å². The second-order valence-electron chi connectivity index (χ2n) is 5.56. The molecule has 2 fully saturated rings. The zero-order chi connectivity index (χ0) is 11.4. The fraction of sp³-hybridized carbons (Fsp3) is 1.00. The van der Waals surface area contributed by atoms with E-state index in [1.807, 2.05) is 0 Å². The van der Waals surface area contributed by atoms with Crippen LogP contribution in [0.1, 0.15) is 58.8 Å². The Labute approximate surface area is 101 Å². The van der Waals surface area contributed by atoms with Crippen LogP contribution in [0.3, 0.4) is 0 Å². The standard InChI is InChI=1S/C14H28N2/c1-3-9-15-12-7-8-14(11-12)16-10-5-6-13(16)4-2/h12-15H,3-11H2,1-2H3. The topological polar surface area (TPSA) is 15.3 Å². The van der Waals surface area contributed by atoms with Gasteiger partial charge in [0.05, 0.1) is 0 Å². The van der Waals surface area contributed by atoms with Gasteiger partial charge in [0, 0.05) is 18.1 Å². The molecular formula is C14H28N2. The van der Waals surface area contributed by atoms with Gasteiger partial charge in [-0.25, -0.2) is 0 Å². The number of nitrogens with one attached hydrogen (secondary N) is 1. The Hall–Kier alpha value is -0.0800. The molecule has 1 saturated heterocycles. The molecule has 0 radical (unpaired) electrons. The van der Waals surface area contributed by atoms with E-state index in [1.54, 1.807) is 0 Å². The van der Waals surface area contributed by atoms with E-state index in [0.29, 0.717) is 0 Å². The highest BCUT2D eigenvalue weighted by Crippen LogP contribution is 2.31. The highest BCUT2D eigenvalue weighted by molar-refractivity contribution is 4.91. The maximum absolute atomic E-state index is 3.69. The monoisotopic (exact) mass is 224 g/mol. The van der Waals surface area contributed by atoms with Crippen molar-refractivity contribution in [3.63, 3.8) is 0 Å². The van der Waals surface area contributed by atoms with E-state index in [4.69, 9.17) is 0 Å². The fourth-order valence-electron chi connectivity index (χ4n) is 3.57. The number of hydrogen-bond acceptors (Lipinski definition) is 2. The normalized spacial score (nSPS) is 36.0. The minimum atomic E-state index is 0.808. The third-order valence-electron chi connectivity index (χ3n) is 4.45. The van der Waals surface area contributed by atoms with Gasteiger partial charge in [0.1, 0.15) is 0 Å². The van der Waals surface area contributed by atoms with E-state index >= 15 is 0 Å². The molecule has 0 aromatic rings. The lowest BCUT2D eigenvalue weighted by Gasteiger charge is -2.30. The van der Waals surface area contributed by atoms with Crippen LogP contribution in [0.15, 0.2) is 0 Å². The zero-order valence-electron chi connectivity index (χ0n) is 11.0. The summed E-state index contributed by atoms with van der Waals surface area (Å²) in [5.74, 6) is 0. The second kappa shape index (κ2) is 6.02. The SMILES string of the molecule is CCCNC1CCC(N2CCCC2CC)C1. The average Bonchev–Trinajstić information content (AvgIpc) is 2.94. The first-order valence-electron chi connectivity index (χ1n) is 7.34. The first-order valence-corrected chi connectivity index (χ1v) is 7.34. The van der Waals surface area contributed by atoms with Crippen LogP contribution in [0.25, 0.3) is 0 Å². The molecule has 2 nitrogen and oxygen atoms in total. The van der Waals surface area contributed by atoms with Crippen molar-refractivity contribution in [2.24, 2.45) is 0 Å². The van der Waals surface area contributed by atoms with Gasteiger partial charge in [-0.05, 0) is 58.0 Å². The first-order chi connectivity index (χ1) is 7.85. The summed E-state index contributed by atoms with van der Waals surface area (Å²) >= 11 is 0. The van der Waals surface area contributed by atoms with E-state index in [-0.39, 0.29) is 0 Å². The summed E-state index contributed by atoms with van der Waals surface area (Å²) in [6, 6.07) is 2.60. The summed E-state index contributed by atoms with van der Waals surface area (Å²) in [5, 5.41) is 3.69. The molecule has 3 atom stereocenters. The summed E-state index contributed by atoms with van der Waals surface area (Å²) in [4.78, 5) is 2.81. The van der Waals surface area contributed by atoms with Crippen LogP contribution in [-0.4, -0.2) is 36.1 Å². The van der Waals surface area contributed by atoms with Crippen LogP contribution in [-0.2, 0) is 0 Å². The van der Waals surface area contributed by atoms with Gasteiger partial charge >= 0.3 is 0 Å². The molecule has 16 heavy (non-hydrogen) atoms. The fourth-order valence-corrected chi connectivity index (χ4v) is 3.57. The van der Waals surface area contributed by atoms with Crippen molar-refractivity contribution >= 4 is 0 Å². The lowest BCUT2D eigenvalue weighted by molar-refractivity contribution is 0.175. The molecule has 2 aliphatic rings. The zero-order valence-corrected chi connectivity index (χ0v) is 11.0. The van der Waals surface area contributed by atoms with Crippen molar-refractivity contribution < 1.29 is 0 Å². The van der Waals surface area contributed by atoms with E-state index < -0.39 is 0 Å². The highest BCUT2D eigenvalue weighted by atomic mass is 15.2. The van der Waals surface area contributed by atoms with E-state index in [1.165, 1.54) is 58.0 Å². The molecule has 0 aromatic heterocycles. The first kappa shape index (κ1) is 12.4. The highest BCUT2D eigenvalue weighted by Gasteiger charge is 2.34. The van der Waals surface area contributed by atoms with Crippen LogP contribution < -0.4 is 5.32 Å². The molecule has 2 heteroatoms. The van der Waals surface area contributed by atoms with Crippen molar-refractivity contribution in [1.29, 1.82) is 0 Å². The van der Waals surface area contributed by atoms with Gasteiger partial charge in [0.2, 0.25) is 0 Å². The van der Waals surface area contributed by atoms with Gasteiger partial charge in [0.25, 0.3) is 0 Å². The Morgan fingerprint density at radius 3 is 2.81 bits per heavy atom. The summed E-state index contributed by atoms with van der Waals surface area (Å²) in [6.45, 7) is 7.18. The molecule has 0 bridgehead atoms. The minimum absolute atomic E-state index is 0.808. The lowest BCUT2D eigenvalue weighted by atomic mass is 10.1. The Balaban J connectivity index is 1.79. The van der Waals surface area contributed by atoms with Crippen LogP contribution in [0.5, 0.6) is 0 Å². The third-order valence-corrected chi connectivity index (χ3v) is 4.45. The molecule has 1 heterocycles. The number of likely N-dealkylation sites (tertiary alicyclic amines) is 1. The van der Waals surface area contributed by atoms with Crippen molar-refractivity contribution in [1.82, 2.24) is 10.2 Å². The molecule has 1 saturated carbocycles. The van der Waals surface area contributed by atoms with Gasteiger partial charge in [-0.1, -0.05) is 13.8 Å². The van der Waals surface area contributed by atoms with Crippen LogP contribution in [0, 0.1) is 0 Å². The maximum atomic E-state index is 3.69.